The van der Waals surface area contributed by atoms with Gasteiger partial charge in [0.2, 0.25) is 0 Å². The number of hydrogen-bond donors (Lipinski definition) is 1. The van der Waals surface area contributed by atoms with E-state index in [1.165, 1.54) is 0 Å². The standard InChI is InChI=1S/C13H9N3S/c17-13-5-10(7-15-16-13)12-8-14-6-9-3-1-2-4-11(9)12/h1-8H,(H,16,17). The Kier molecular flexibility index (Phi) is 2.42. The van der Waals surface area contributed by atoms with Crippen LogP contribution in [-0.2, 0) is 0 Å². The fraction of sp³-hybridized carbons (Fsp3) is 0. The highest BCUT2D eigenvalue weighted by Gasteiger charge is 2.03. The number of H-pyrrole nitrogens is 1. The summed E-state index contributed by atoms with van der Waals surface area (Å²) in [6.07, 6.45) is 5.46. The molecule has 3 nitrogen and oxygen atoms in total. The van der Waals surface area contributed by atoms with E-state index >= 15 is 0 Å². The van der Waals surface area contributed by atoms with Crippen LogP contribution in [0.15, 0.2) is 48.9 Å². The Balaban J connectivity index is 2.34. The van der Waals surface area contributed by atoms with Gasteiger partial charge in [0, 0.05) is 28.9 Å². The third-order valence-corrected chi connectivity index (χ3v) is 2.85. The minimum absolute atomic E-state index is 0.621. The molecule has 17 heavy (non-hydrogen) atoms. The van der Waals surface area contributed by atoms with Crippen LogP contribution in [0.1, 0.15) is 0 Å². The summed E-state index contributed by atoms with van der Waals surface area (Å²) in [6.45, 7) is 0. The quantitative estimate of drug-likeness (QED) is 0.662. The highest BCUT2D eigenvalue weighted by atomic mass is 32.1. The van der Waals surface area contributed by atoms with Gasteiger partial charge in [0.1, 0.15) is 4.64 Å². The van der Waals surface area contributed by atoms with Crippen molar-refractivity contribution in [1.82, 2.24) is 15.2 Å². The zero-order valence-electron chi connectivity index (χ0n) is 8.92. The number of hydrogen-bond acceptors (Lipinski definition) is 3. The largest absolute Gasteiger partial charge is 0.268 e. The minimum Gasteiger partial charge on any atom is -0.268 e. The molecule has 1 N–H and O–H groups in total. The van der Waals surface area contributed by atoms with E-state index in [1.54, 1.807) is 6.20 Å². The van der Waals surface area contributed by atoms with Gasteiger partial charge in [-0.3, -0.25) is 10.1 Å². The number of nitrogens with zero attached hydrogens (tertiary/aromatic N) is 2. The van der Waals surface area contributed by atoms with Gasteiger partial charge >= 0.3 is 0 Å². The molecule has 0 fully saturated rings. The Hall–Kier alpha value is -2.07. The molecule has 1 aromatic carbocycles. The van der Waals surface area contributed by atoms with Gasteiger partial charge in [-0.2, -0.15) is 5.10 Å². The number of rotatable bonds is 1. The molecular weight excluding hydrogens is 230 g/mol. The lowest BCUT2D eigenvalue weighted by Crippen LogP contribution is -1.87. The lowest BCUT2D eigenvalue weighted by atomic mass is 10.0. The Bertz CT molecular complexity index is 728. The molecule has 0 spiro atoms. The topological polar surface area (TPSA) is 41.6 Å². The first-order valence-corrected chi connectivity index (χ1v) is 5.63. The molecule has 0 unspecified atom stereocenters. The summed E-state index contributed by atoms with van der Waals surface area (Å²) in [5, 5.41) is 9.02. The number of aromatic nitrogens is 3. The summed E-state index contributed by atoms with van der Waals surface area (Å²) in [6, 6.07) is 10.0. The van der Waals surface area contributed by atoms with Crippen LogP contribution < -0.4 is 0 Å². The van der Waals surface area contributed by atoms with E-state index < -0.39 is 0 Å². The van der Waals surface area contributed by atoms with Crippen LogP contribution in [0.5, 0.6) is 0 Å². The molecule has 0 saturated heterocycles. The Morgan fingerprint density at radius 3 is 2.82 bits per heavy atom. The Morgan fingerprint density at radius 2 is 1.94 bits per heavy atom. The van der Waals surface area contributed by atoms with Crippen LogP contribution in [0, 0.1) is 4.64 Å². The van der Waals surface area contributed by atoms with Crippen molar-refractivity contribution in [2.75, 3.05) is 0 Å². The van der Waals surface area contributed by atoms with Gasteiger partial charge in [-0.25, -0.2) is 0 Å². The predicted molar refractivity (Wildman–Crippen MR) is 70.2 cm³/mol. The van der Waals surface area contributed by atoms with Crippen molar-refractivity contribution < 1.29 is 0 Å². The van der Waals surface area contributed by atoms with E-state index in [-0.39, 0.29) is 0 Å². The summed E-state index contributed by atoms with van der Waals surface area (Å²) in [4.78, 5) is 4.25. The van der Waals surface area contributed by atoms with Crippen molar-refractivity contribution in [3.05, 3.63) is 53.6 Å². The fourth-order valence-electron chi connectivity index (χ4n) is 1.87. The summed E-state index contributed by atoms with van der Waals surface area (Å²) in [5.74, 6) is 0. The van der Waals surface area contributed by atoms with Gasteiger partial charge in [0.05, 0.1) is 6.20 Å². The maximum Gasteiger partial charge on any atom is 0.120 e. The van der Waals surface area contributed by atoms with Crippen molar-refractivity contribution in [2.45, 2.75) is 0 Å². The summed E-state index contributed by atoms with van der Waals surface area (Å²) >= 11 is 5.08. The van der Waals surface area contributed by atoms with Crippen molar-refractivity contribution in [2.24, 2.45) is 0 Å². The number of pyridine rings is 1. The molecule has 0 atom stereocenters. The summed E-state index contributed by atoms with van der Waals surface area (Å²) < 4.78 is 0.621. The molecule has 0 amide bonds. The Labute approximate surface area is 103 Å². The average Bonchev–Trinajstić information content (AvgIpc) is 2.38. The molecule has 4 heteroatoms. The van der Waals surface area contributed by atoms with Crippen LogP contribution in [0.3, 0.4) is 0 Å². The zero-order valence-corrected chi connectivity index (χ0v) is 9.74. The lowest BCUT2D eigenvalue weighted by Gasteiger charge is -2.05. The van der Waals surface area contributed by atoms with Gasteiger partial charge in [-0.1, -0.05) is 36.5 Å². The van der Waals surface area contributed by atoms with Gasteiger partial charge in [0.25, 0.3) is 0 Å². The second-order valence-electron chi connectivity index (χ2n) is 3.74. The molecular formula is C13H9N3S. The number of aromatic amines is 1. The van der Waals surface area contributed by atoms with Crippen molar-refractivity contribution in [3.8, 4) is 11.1 Å². The summed E-state index contributed by atoms with van der Waals surface area (Å²) in [5.41, 5.74) is 2.04. The molecule has 0 bridgehead atoms. The molecule has 0 saturated carbocycles. The first-order chi connectivity index (χ1) is 8.34. The number of fused-ring (bicyclic) bond motifs is 1. The van der Waals surface area contributed by atoms with E-state index in [9.17, 15) is 0 Å². The first-order valence-electron chi connectivity index (χ1n) is 5.22. The normalized spacial score (nSPS) is 10.6. The van der Waals surface area contributed by atoms with E-state index in [0.717, 1.165) is 21.9 Å². The van der Waals surface area contributed by atoms with Crippen molar-refractivity contribution >= 4 is 23.0 Å². The third kappa shape index (κ3) is 1.83. The van der Waals surface area contributed by atoms with E-state index in [1.807, 2.05) is 36.7 Å². The smallest absolute Gasteiger partial charge is 0.120 e. The van der Waals surface area contributed by atoms with Crippen LogP contribution in [-0.4, -0.2) is 15.2 Å². The molecule has 0 radical (unpaired) electrons. The van der Waals surface area contributed by atoms with Crippen molar-refractivity contribution in [1.29, 1.82) is 0 Å². The molecule has 2 heterocycles. The minimum atomic E-state index is 0.621. The monoisotopic (exact) mass is 239 g/mol. The molecule has 0 aliphatic carbocycles. The maximum absolute atomic E-state index is 5.08. The highest BCUT2D eigenvalue weighted by Crippen LogP contribution is 2.26. The van der Waals surface area contributed by atoms with Crippen LogP contribution in [0.25, 0.3) is 21.9 Å². The van der Waals surface area contributed by atoms with Crippen LogP contribution in [0.2, 0.25) is 0 Å². The highest BCUT2D eigenvalue weighted by molar-refractivity contribution is 7.71. The predicted octanol–water partition coefficient (Wildman–Crippen LogP) is 3.35. The fourth-order valence-corrected chi connectivity index (χ4v) is 2.05. The van der Waals surface area contributed by atoms with Gasteiger partial charge < -0.3 is 0 Å². The second-order valence-corrected chi connectivity index (χ2v) is 4.18. The lowest BCUT2D eigenvalue weighted by molar-refractivity contribution is 1.02. The molecule has 0 aliphatic heterocycles. The van der Waals surface area contributed by atoms with E-state index in [0.29, 0.717) is 4.64 Å². The van der Waals surface area contributed by atoms with Crippen molar-refractivity contribution in [3.63, 3.8) is 0 Å². The van der Waals surface area contributed by atoms with Crippen LogP contribution >= 0.6 is 12.2 Å². The van der Waals surface area contributed by atoms with Crippen LogP contribution in [0.4, 0.5) is 0 Å². The van der Waals surface area contributed by atoms with Gasteiger partial charge in [0.15, 0.2) is 0 Å². The number of benzene rings is 1. The first kappa shape index (κ1) is 10.1. The molecule has 3 rings (SSSR count). The zero-order chi connectivity index (χ0) is 11.7. The van der Waals surface area contributed by atoms with Gasteiger partial charge in [-0.15, -0.1) is 0 Å². The SMILES string of the molecule is S=c1cc(-c2cncc3ccccc23)cn[nH]1. The molecule has 3 aromatic rings. The molecule has 82 valence electrons. The molecule has 0 aliphatic rings. The van der Waals surface area contributed by atoms with E-state index in [4.69, 9.17) is 12.2 Å². The maximum atomic E-state index is 5.08. The molecule has 2 aromatic heterocycles. The summed E-state index contributed by atoms with van der Waals surface area (Å²) in [7, 11) is 0. The second kappa shape index (κ2) is 4.07. The van der Waals surface area contributed by atoms with E-state index in [2.05, 4.69) is 21.2 Å². The average molecular weight is 239 g/mol. The number of nitrogens with one attached hydrogen (secondary N) is 1. The Morgan fingerprint density at radius 1 is 1.06 bits per heavy atom. The van der Waals surface area contributed by atoms with Gasteiger partial charge in [-0.05, 0) is 11.5 Å². The third-order valence-electron chi connectivity index (χ3n) is 2.64.